The van der Waals surface area contributed by atoms with Crippen LogP contribution in [0.5, 0.6) is 0 Å². The van der Waals surface area contributed by atoms with Crippen LogP contribution in [-0.4, -0.2) is 25.8 Å². The van der Waals surface area contributed by atoms with Crippen LogP contribution >= 0.6 is 0 Å². The summed E-state index contributed by atoms with van der Waals surface area (Å²) in [6, 6.07) is 4.48. The standard InChI is InChI=1S/C13H21NO2/c1-14-11(10-13-5-3-9-16-13)6-7-12-4-2-8-15-12/h3,5,9,11-12,14H,2,4,6-8,10H2,1H3. The Morgan fingerprint density at radius 1 is 1.56 bits per heavy atom. The van der Waals surface area contributed by atoms with Crippen molar-refractivity contribution in [3.05, 3.63) is 24.2 Å². The molecule has 2 unspecified atom stereocenters. The van der Waals surface area contributed by atoms with Gasteiger partial charge in [-0.1, -0.05) is 0 Å². The number of ether oxygens (including phenoxy) is 1. The summed E-state index contributed by atoms with van der Waals surface area (Å²) in [5.74, 6) is 1.06. The summed E-state index contributed by atoms with van der Waals surface area (Å²) in [6.07, 6.45) is 7.98. The molecule has 0 aromatic carbocycles. The highest BCUT2D eigenvalue weighted by atomic mass is 16.5. The van der Waals surface area contributed by atoms with Crippen LogP contribution in [0.2, 0.25) is 0 Å². The van der Waals surface area contributed by atoms with Crippen molar-refractivity contribution in [3.8, 4) is 0 Å². The maximum absolute atomic E-state index is 5.63. The van der Waals surface area contributed by atoms with Gasteiger partial charge in [-0.25, -0.2) is 0 Å². The zero-order valence-electron chi connectivity index (χ0n) is 9.95. The summed E-state index contributed by atoms with van der Waals surface area (Å²) < 4.78 is 11.0. The molecular weight excluding hydrogens is 202 g/mol. The van der Waals surface area contributed by atoms with Crippen molar-refractivity contribution in [3.63, 3.8) is 0 Å². The van der Waals surface area contributed by atoms with Crippen LogP contribution < -0.4 is 5.32 Å². The first-order valence-electron chi connectivity index (χ1n) is 6.19. The van der Waals surface area contributed by atoms with Crippen LogP contribution in [0.25, 0.3) is 0 Å². The zero-order valence-corrected chi connectivity index (χ0v) is 9.95. The van der Waals surface area contributed by atoms with Crippen molar-refractivity contribution in [2.45, 2.75) is 44.2 Å². The van der Waals surface area contributed by atoms with E-state index in [1.54, 1.807) is 6.26 Å². The highest BCUT2D eigenvalue weighted by Crippen LogP contribution is 2.18. The van der Waals surface area contributed by atoms with E-state index in [0.717, 1.165) is 31.6 Å². The van der Waals surface area contributed by atoms with Crippen LogP contribution in [0.1, 0.15) is 31.4 Å². The number of likely N-dealkylation sites (N-methyl/N-ethyl adjacent to an activating group) is 1. The number of hydrogen-bond donors (Lipinski definition) is 1. The third-order valence-corrected chi connectivity index (χ3v) is 3.30. The van der Waals surface area contributed by atoms with E-state index in [2.05, 4.69) is 5.32 Å². The highest BCUT2D eigenvalue weighted by Gasteiger charge is 2.17. The SMILES string of the molecule is CNC(CCC1CCCO1)Cc1ccco1. The lowest BCUT2D eigenvalue weighted by molar-refractivity contribution is 0.0996. The number of furan rings is 1. The van der Waals surface area contributed by atoms with Gasteiger partial charge in [-0.3, -0.25) is 0 Å². The maximum atomic E-state index is 5.63. The van der Waals surface area contributed by atoms with Crippen molar-refractivity contribution in [1.29, 1.82) is 0 Å². The fourth-order valence-electron chi connectivity index (χ4n) is 2.28. The highest BCUT2D eigenvalue weighted by molar-refractivity contribution is 5.00. The molecule has 1 fully saturated rings. The van der Waals surface area contributed by atoms with E-state index in [-0.39, 0.29) is 0 Å². The molecule has 1 aromatic rings. The van der Waals surface area contributed by atoms with E-state index in [1.165, 1.54) is 12.8 Å². The van der Waals surface area contributed by atoms with Gasteiger partial charge < -0.3 is 14.5 Å². The third-order valence-electron chi connectivity index (χ3n) is 3.30. The quantitative estimate of drug-likeness (QED) is 0.804. The van der Waals surface area contributed by atoms with Crippen molar-refractivity contribution in [1.82, 2.24) is 5.32 Å². The molecule has 1 aliphatic rings. The lowest BCUT2D eigenvalue weighted by Crippen LogP contribution is -2.28. The minimum absolute atomic E-state index is 0.493. The van der Waals surface area contributed by atoms with Crippen LogP contribution in [-0.2, 0) is 11.2 Å². The Morgan fingerprint density at radius 2 is 2.50 bits per heavy atom. The largest absolute Gasteiger partial charge is 0.469 e. The summed E-state index contributed by atoms with van der Waals surface area (Å²) >= 11 is 0. The smallest absolute Gasteiger partial charge is 0.105 e. The van der Waals surface area contributed by atoms with Crippen molar-refractivity contribution in [2.24, 2.45) is 0 Å². The molecule has 0 aliphatic carbocycles. The van der Waals surface area contributed by atoms with Crippen LogP contribution in [0.3, 0.4) is 0 Å². The first-order valence-corrected chi connectivity index (χ1v) is 6.19. The minimum atomic E-state index is 0.493. The first-order chi connectivity index (χ1) is 7.88. The Bertz CT molecular complexity index is 278. The Labute approximate surface area is 97.2 Å². The molecule has 90 valence electrons. The topological polar surface area (TPSA) is 34.4 Å². The van der Waals surface area contributed by atoms with Gasteiger partial charge in [-0.15, -0.1) is 0 Å². The summed E-state index contributed by atoms with van der Waals surface area (Å²) in [6.45, 7) is 0.951. The molecule has 3 nitrogen and oxygen atoms in total. The van der Waals surface area contributed by atoms with Crippen LogP contribution in [0, 0.1) is 0 Å². The van der Waals surface area contributed by atoms with Gasteiger partial charge in [0.15, 0.2) is 0 Å². The average Bonchev–Trinajstić information content (AvgIpc) is 2.97. The second kappa shape index (κ2) is 6.06. The van der Waals surface area contributed by atoms with E-state index in [4.69, 9.17) is 9.15 Å². The summed E-state index contributed by atoms with van der Waals surface area (Å²) in [5, 5.41) is 3.35. The second-order valence-corrected chi connectivity index (χ2v) is 4.48. The van der Waals surface area contributed by atoms with Gasteiger partial charge in [0.1, 0.15) is 5.76 Å². The number of hydrogen-bond acceptors (Lipinski definition) is 3. The zero-order chi connectivity index (χ0) is 11.2. The molecule has 3 heteroatoms. The second-order valence-electron chi connectivity index (χ2n) is 4.48. The summed E-state index contributed by atoms with van der Waals surface area (Å²) in [7, 11) is 2.02. The molecule has 0 amide bonds. The van der Waals surface area contributed by atoms with Crippen molar-refractivity contribution < 1.29 is 9.15 Å². The van der Waals surface area contributed by atoms with E-state index >= 15 is 0 Å². The molecule has 1 aliphatic heterocycles. The third kappa shape index (κ3) is 3.35. The van der Waals surface area contributed by atoms with E-state index < -0.39 is 0 Å². The van der Waals surface area contributed by atoms with Crippen molar-refractivity contribution in [2.75, 3.05) is 13.7 Å². The molecule has 2 heterocycles. The predicted octanol–water partition coefficient (Wildman–Crippen LogP) is 2.37. The Balaban J connectivity index is 1.72. The Kier molecular flexibility index (Phi) is 4.43. The molecule has 1 saturated heterocycles. The van der Waals surface area contributed by atoms with Gasteiger partial charge in [0.2, 0.25) is 0 Å². The minimum Gasteiger partial charge on any atom is -0.469 e. The predicted molar refractivity (Wildman–Crippen MR) is 63.5 cm³/mol. The van der Waals surface area contributed by atoms with Gasteiger partial charge in [-0.2, -0.15) is 0 Å². The van der Waals surface area contributed by atoms with Crippen molar-refractivity contribution >= 4 is 0 Å². The van der Waals surface area contributed by atoms with E-state index in [9.17, 15) is 0 Å². The molecule has 0 bridgehead atoms. The molecule has 0 saturated carbocycles. The first kappa shape index (κ1) is 11.7. The average molecular weight is 223 g/mol. The fraction of sp³-hybridized carbons (Fsp3) is 0.692. The van der Waals surface area contributed by atoms with Gasteiger partial charge in [-0.05, 0) is 44.9 Å². The number of rotatable bonds is 6. The van der Waals surface area contributed by atoms with Gasteiger partial charge in [0, 0.05) is 19.1 Å². The molecule has 16 heavy (non-hydrogen) atoms. The monoisotopic (exact) mass is 223 g/mol. The molecule has 0 spiro atoms. The molecule has 2 atom stereocenters. The van der Waals surface area contributed by atoms with E-state index in [1.807, 2.05) is 19.2 Å². The number of nitrogens with one attached hydrogen (secondary N) is 1. The normalized spacial score (nSPS) is 22.4. The van der Waals surface area contributed by atoms with Gasteiger partial charge in [0.05, 0.1) is 12.4 Å². The Morgan fingerprint density at radius 3 is 3.12 bits per heavy atom. The molecule has 2 rings (SSSR count). The lowest BCUT2D eigenvalue weighted by atomic mass is 10.0. The van der Waals surface area contributed by atoms with E-state index in [0.29, 0.717) is 12.1 Å². The molecule has 1 N–H and O–H groups in total. The van der Waals surface area contributed by atoms with Gasteiger partial charge in [0.25, 0.3) is 0 Å². The molecule has 0 radical (unpaired) electrons. The molecular formula is C13H21NO2. The lowest BCUT2D eigenvalue weighted by Gasteiger charge is -2.17. The maximum Gasteiger partial charge on any atom is 0.105 e. The fourth-order valence-corrected chi connectivity index (χ4v) is 2.28. The summed E-state index contributed by atoms with van der Waals surface area (Å²) in [4.78, 5) is 0. The van der Waals surface area contributed by atoms with Gasteiger partial charge >= 0.3 is 0 Å². The van der Waals surface area contributed by atoms with Crippen LogP contribution in [0.4, 0.5) is 0 Å². The van der Waals surface area contributed by atoms with Crippen LogP contribution in [0.15, 0.2) is 22.8 Å². The molecule has 1 aromatic heterocycles. The Hall–Kier alpha value is -0.800. The summed E-state index contributed by atoms with van der Waals surface area (Å²) in [5.41, 5.74) is 0.